The van der Waals surface area contributed by atoms with E-state index in [1.54, 1.807) is 6.08 Å². The standard InChI is InChI=1S/C11H10BrNO/c1-8-6-9(12)2-3-10(8)11(4-5-11)13-7-14/h2-3,6H,4-5H2,1H3. The number of rotatable bonds is 2. The molecule has 0 amide bonds. The highest BCUT2D eigenvalue weighted by molar-refractivity contribution is 9.10. The van der Waals surface area contributed by atoms with E-state index in [9.17, 15) is 4.79 Å². The van der Waals surface area contributed by atoms with Crippen molar-refractivity contribution >= 4 is 22.0 Å². The molecule has 0 saturated heterocycles. The molecule has 2 rings (SSSR count). The van der Waals surface area contributed by atoms with E-state index in [0.29, 0.717) is 0 Å². The number of carbonyl (C=O) groups excluding carboxylic acids is 1. The molecular weight excluding hydrogens is 242 g/mol. The van der Waals surface area contributed by atoms with Crippen LogP contribution in [-0.4, -0.2) is 6.08 Å². The topological polar surface area (TPSA) is 29.4 Å². The summed E-state index contributed by atoms with van der Waals surface area (Å²) in [6.45, 7) is 2.04. The first-order valence-corrected chi connectivity index (χ1v) is 5.33. The first-order valence-electron chi connectivity index (χ1n) is 4.54. The third kappa shape index (κ3) is 1.54. The summed E-state index contributed by atoms with van der Waals surface area (Å²) in [7, 11) is 0. The molecule has 72 valence electrons. The van der Waals surface area contributed by atoms with Crippen molar-refractivity contribution in [1.82, 2.24) is 0 Å². The van der Waals surface area contributed by atoms with Crippen LogP contribution in [0.15, 0.2) is 27.7 Å². The van der Waals surface area contributed by atoms with Gasteiger partial charge in [-0.25, -0.2) is 4.79 Å². The van der Waals surface area contributed by atoms with Crippen LogP contribution in [0.25, 0.3) is 0 Å². The van der Waals surface area contributed by atoms with Crippen molar-refractivity contribution in [3.63, 3.8) is 0 Å². The zero-order chi connectivity index (χ0) is 10.2. The third-order valence-corrected chi connectivity index (χ3v) is 3.17. The Morgan fingerprint density at radius 2 is 2.21 bits per heavy atom. The molecule has 0 spiro atoms. The summed E-state index contributed by atoms with van der Waals surface area (Å²) >= 11 is 3.41. The van der Waals surface area contributed by atoms with E-state index in [2.05, 4.69) is 27.0 Å². The maximum Gasteiger partial charge on any atom is 0.235 e. The quantitative estimate of drug-likeness (QED) is 0.587. The molecule has 0 bridgehead atoms. The largest absolute Gasteiger partial charge is 0.235 e. The predicted octanol–water partition coefficient (Wildman–Crippen LogP) is 3.08. The van der Waals surface area contributed by atoms with Gasteiger partial charge in [-0.3, -0.25) is 0 Å². The van der Waals surface area contributed by atoms with Crippen molar-refractivity contribution in [2.45, 2.75) is 25.3 Å². The molecule has 1 fully saturated rings. The molecule has 1 saturated carbocycles. The number of hydrogen-bond acceptors (Lipinski definition) is 2. The van der Waals surface area contributed by atoms with E-state index < -0.39 is 0 Å². The van der Waals surface area contributed by atoms with Gasteiger partial charge in [-0.2, -0.15) is 4.99 Å². The van der Waals surface area contributed by atoms with Crippen LogP contribution < -0.4 is 0 Å². The van der Waals surface area contributed by atoms with Crippen molar-refractivity contribution in [3.05, 3.63) is 33.8 Å². The molecule has 1 aliphatic rings. The van der Waals surface area contributed by atoms with Gasteiger partial charge in [0, 0.05) is 4.47 Å². The molecule has 14 heavy (non-hydrogen) atoms. The Bertz CT molecular complexity index is 417. The average Bonchev–Trinajstić information content (AvgIpc) is 2.86. The lowest BCUT2D eigenvalue weighted by atomic mass is 10.00. The van der Waals surface area contributed by atoms with E-state index in [1.807, 2.05) is 19.1 Å². The summed E-state index contributed by atoms with van der Waals surface area (Å²) in [5.74, 6) is 0. The van der Waals surface area contributed by atoms with Crippen molar-refractivity contribution in [2.75, 3.05) is 0 Å². The monoisotopic (exact) mass is 251 g/mol. The van der Waals surface area contributed by atoms with Crippen LogP contribution in [-0.2, 0) is 10.3 Å². The molecule has 0 aliphatic heterocycles. The molecular formula is C11H10BrNO. The summed E-state index contributed by atoms with van der Waals surface area (Å²) in [5.41, 5.74) is 2.09. The van der Waals surface area contributed by atoms with E-state index >= 15 is 0 Å². The highest BCUT2D eigenvalue weighted by atomic mass is 79.9. The normalized spacial score (nSPS) is 17.3. The van der Waals surface area contributed by atoms with Crippen LogP contribution in [0.1, 0.15) is 24.0 Å². The second-order valence-electron chi connectivity index (χ2n) is 3.69. The molecule has 3 heteroatoms. The Morgan fingerprint density at radius 3 is 2.71 bits per heavy atom. The summed E-state index contributed by atoms with van der Waals surface area (Å²) in [5, 5.41) is 0. The number of aliphatic imine (C=N–C) groups is 1. The van der Waals surface area contributed by atoms with Gasteiger partial charge in [-0.05, 0) is 43.0 Å². The lowest BCUT2D eigenvalue weighted by Crippen LogP contribution is -2.04. The minimum Gasteiger partial charge on any atom is -0.211 e. The van der Waals surface area contributed by atoms with Gasteiger partial charge in [-0.1, -0.05) is 22.0 Å². The summed E-state index contributed by atoms with van der Waals surface area (Å²) in [6.07, 6.45) is 3.60. The van der Waals surface area contributed by atoms with Gasteiger partial charge in [0.15, 0.2) is 0 Å². The van der Waals surface area contributed by atoms with Gasteiger partial charge in [0.1, 0.15) is 0 Å². The minimum absolute atomic E-state index is 0.244. The number of halogens is 1. The maximum absolute atomic E-state index is 10.3. The Hall–Kier alpha value is -0.920. The van der Waals surface area contributed by atoms with Crippen LogP contribution in [0.2, 0.25) is 0 Å². The average molecular weight is 252 g/mol. The fraction of sp³-hybridized carbons (Fsp3) is 0.364. The molecule has 0 aromatic heterocycles. The fourth-order valence-electron chi connectivity index (χ4n) is 1.80. The van der Waals surface area contributed by atoms with Gasteiger partial charge in [0.2, 0.25) is 6.08 Å². The smallest absolute Gasteiger partial charge is 0.211 e. The fourth-order valence-corrected chi connectivity index (χ4v) is 2.27. The van der Waals surface area contributed by atoms with Gasteiger partial charge >= 0.3 is 0 Å². The van der Waals surface area contributed by atoms with Gasteiger partial charge in [0.05, 0.1) is 5.54 Å². The van der Waals surface area contributed by atoms with Crippen LogP contribution in [0, 0.1) is 6.92 Å². The number of benzene rings is 1. The Kier molecular flexibility index (Phi) is 2.30. The number of nitrogens with zero attached hydrogens (tertiary/aromatic N) is 1. The zero-order valence-electron chi connectivity index (χ0n) is 7.88. The van der Waals surface area contributed by atoms with Crippen LogP contribution in [0.5, 0.6) is 0 Å². The van der Waals surface area contributed by atoms with Gasteiger partial charge in [-0.15, -0.1) is 0 Å². The molecule has 0 radical (unpaired) electrons. The minimum atomic E-state index is -0.244. The summed E-state index contributed by atoms with van der Waals surface area (Å²) < 4.78 is 1.06. The SMILES string of the molecule is Cc1cc(Br)ccc1C1(N=C=O)CC1. The van der Waals surface area contributed by atoms with Crippen molar-refractivity contribution in [2.24, 2.45) is 4.99 Å². The lowest BCUT2D eigenvalue weighted by molar-refractivity contribution is 0.556. The second kappa shape index (κ2) is 3.34. The number of isocyanates is 1. The summed E-state index contributed by atoms with van der Waals surface area (Å²) in [6, 6.07) is 6.08. The van der Waals surface area contributed by atoms with Crippen molar-refractivity contribution in [1.29, 1.82) is 0 Å². The third-order valence-electron chi connectivity index (χ3n) is 2.67. The van der Waals surface area contributed by atoms with Crippen molar-refractivity contribution in [3.8, 4) is 0 Å². The first kappa shape index (κ1) is 9.63. The zero-order valence-corrected chi connectivity index (χ0v) is 9.47. The number of hydrogen-bond donors (Lipinski definition) is 0. The Labute approximate surface area is 91.2 Å². The van der Waals surface area contributed by atoms with Crippen LogP contribution in [0.3, 0.4) is 0 Å². The predicted molar refractivity (Wildman–Crippen MR) is 57.9 cm³/mol. The number of aryl methyl sites for hydroxylation is 1. The van der Waals surface area contributed by atoms with Crippen LogP contribution >= 0.6 is 15.9 Å². The highest BCUT2D eigenvalue weighted by Crippen LogP contribution is 2.50. The van der Waals surface area contributed by atoms with E-state index in [4.69, 9.17) is 0 Å². The molecule has 1 aromatic carbocycles. The van der Waals surface area contributed by atoms with Gasteiger partial charge in [0.25, 0.3) is 0 Å². The molecule has 1 aromatic rings. The Morgan fingerprint density at radius 1 is 1.50 bits per heavy atom. The maximum atomic E-state index is 10.3. The van der Waals surface area contributed by atoms with Gasteiger partial charge < -0.3 is 0 Å². The first-order chi connectivity index (χ1) is 6.68. The molecule has 0 heterocycles. The molecule has 1 aliphatic carbocycles. The molecule has 0 atom stereocenters. The second-order valence-corrected chi connectivity index (χ2v) is 4.61. The van der Waals surface area contributed by atoms with E-state index in [-0.39, 0.29) is 5.54 Å². The Balaban J connectivity index is 2.47. The van der Waals surface area contributed by atoms with Crippen LogP contribution in [0.4, 0.5) is 0 Å². The molecule has 2 nitrogen and oxygen atoms in total. The molecule has 0 unspecified atom stereocenters. The van der Waals surface area contributed by atoms with E-state index in [1.165, 1.54) is 5.56 Å². The highest BCUT2D eigenvalue weighted by Gasteiger charge is 2.45. The molecule has 0 N–H and O–H groups in total. The van der Waals surface area contributed by atoms with E-state index in [0.717, 1.165) is 22.9 Å². The summed E-state index contributed by atoms with van der Waals surface area (Å²) in [4.78, 5) is 14.2. The lowest BCUT2D eigenvalue weighted by Gasteiger charge is -2.11. The van der Waals surface area contributed by atoms with Crippen molar-refractivity contribution < 1.29 is 4.79 Å².